The molecule has 5 heteroatoms. The molecular formula is C17H20N2O2S. The highest BCUT2D eigenvalue weighted by Gasteiger charge is 2.07. The highest BCUT2D eigenvalue weighted by molar-refractivity contribution is 7.08. The van der Waals surface area contributed by atoms with Crippen molar-refractivity contribution in [3.05, 3.63) is 52.2 Å². The van der Waals surface area contributed by atoms with Crippen LogP contribution in [0.5, 0.6) is 0 Å². The van der Waals surface area contributed by atoms with Gasteiger partial charge in [0, 0.05) is 29.6 Å². The molecule has 0 fully saturated rings. The van der Waals surface area contributed by atoms with Gasteiger partial charge in [-0.3, -0.25) is 9.59 Å². The molecule has 1 heterocycles. The summed E-state index contributed by atoms with van der Waals surface area (Å²) in [5, 5.41) is 9.23. The molecule has 2 N–H and O–H groups in total. The Hall–Kier alpha value is -2.14. The molecule has 2 rings (SSSR count). The van der Waals surface area contributed by atoms with Gasteiger partial charge in [0.1, 0.15) is 0 Å². The maximum Gasteiger partial charge on any atom is 0.252 e. The molecule has 0 radical (unpaired) electrons. The van der Waals surface area contributed by atoms with Crippen molar-refractivity contribution >= 4 is 28.8 Å². The SMILES string of the molecule is CC(C)c1cccc(NC(=O)CCNC(=O)c2ccsc2)c1. The zero-order valence-corrected chi connectivity index (χ0v) is 13.6. The quantitative estimate of drug-likeness (QED) is 0.855. The van der Waals surface area contributed by atoms with E-state index in [-0.39, 0.29) is 18.2 Å². The Bertz CT molecular complexity index is 636. The molecule has 0 spiro atoms. The molecule has 2 amide bonds. The summed E-state index contributed by atoms with van der Waals surface area (Å²) >= 11 is 1.47. The summed E-state index contributed by atoms with van der Waals surface area (Å²) in [4.78, 5) is 23.6. The minimum atomic E-state index is -0.143. The lowest BCUT2D eigenvalue weighted by Crippen LogP contribution is -2.27. The fourth-order valence-electron chi connectivity index (χ4n) is 1.98. The van der Waals surface area contributed by atoms with Gasteiger partial charge in [-0.25, -0.2) is 0 Å². The zero-order chi connectivity index (χ0) is 15.9. The molecule has 0 aliphatic rings. The molecule has 4 nitrogen and oxygen atoms in total. The van der Waals surface area contributed by atoms with Crippen molar-refractivity contribution in [1.29, 1.82) is 0 Å². The van der Waals surface area contributed by atoms with Gasteiger partial charge < -0.3 is 10.6 Å². The van der Waals surface area contributed by atoms with Crippen molar-refractivity contribution in [3.63, 3.8) is 0 Å². The Labute approximate surface area is 134 Å². The van der Waals surface area contributed by atoms with Crippen LogP contribution in [-0.2, 0) is 4.79 Å². The van der Waals surface area contributed by atoms with Gasteiger partial charge in [-0.2, -0.15) is 11.3 Å². The van der Waals surface area contributed by atoms with Crippen LogP contribution in [-0.4, -0.2) is 18.4 Å². The molecular weight excluding hydrogens is 296 g/mol. The van der Waals surface area contributed by atoms with Gasteiger partial charge in [0.15, 0.2) is 0 Å². The van der Waals surface area contributed by atoms with E-state index in [4.69, 9.17) is 0 Å². The van der Waals surface area contributed by atoms with E-state index in [9.17, 15) is 9.59 Å². The van der Waals surface area contributed by atoms with E-state index in [0.717, 1.165) is 5.69 Å². The van der Waals surface area contributed by atoms with Crippen LogP contribution in [0.4, 0.5) is 5.69 Å². The largest absolute Gasteiger partial charge is 0.351 e. The Morgan fingerprint density at radius 3 is 2.73 bits per heavy atom. The first-order chi connectivity index (χ1) is 10.6. The van der Waals surface area contributed by atoms with Crippen LogP contribution in [0.15, 0.2) is 41.1 Å². The van der Waals surface area contributed by atoms with Crippen molar-refractivity contribution in [2.75, 3.05) is 11.9 Å². The summed E-state index contributed by atoms with van der Waals surface area (Å²) in [6, 6.07) is 9.59. The number of nitrogens with one attached hydrogen (secondary N) is 2. The molecule has 0 aliphatic heterocycles. The highest BCUT2D eigenvalue weighted by atomic mass is 32.1. The number of hydrogen-bond acceptors (Lipinski definition) is 3. The number of thiophene rings is 1. The van der Waals surface area contributed by atoms with Gasteiger partial charge in [0.25, 0.3) is 5.91 Å². The Kier molecular flexibility index (Phi) is 5.72. The topological polar surface area (TPSA) is 58.2 Å². The van der Waals surface area contributed by atoms with Crippen molar-refractivity contribution in [2.24, 2.45) is 0 Å². The van der Waals surface area contributed by atoms with Crippen LogP contribution in [0.1, 0.15) is 42.1 Å². The Balaban J connectivity index is 1.78. The summed E-state index contributed by atoms with van der Waals surface area (Å²) in [6.45, 7) is 4.55. The molecule has 116 valence electrons. The van der Waals surface area contributed by atoms with Crippen LogP contribution >= 0.6 is 11.3 Å². The second-order valence-electron chi connectivity index (χ2n) is 5.35. The van der Waals surface area contributed by atoms with Gasteiger partial charge in [0.05, 0.1) is 0 Å². The Morgan fingerprint density at radius 2 is 2.05 bits per heavy atom. The molecule has 1 aromatic heterocycles. The van der Waals surface area contributed by atoms with Crippen molar-refractivity contribution in [1.82, 2.24) is 5.32 Å². The number of rotatable bonds is 6. The molecule has 0 bridgehead atoms. The van der Waals surface area contributed by atoms with Crippen molar-refractivity contribution in [2.45, 2.75) is 26.2 Å². The number of carbonyl (C=O) groups is 2. The first-order valence-corrected chi connectivity index (χ1v) is 8.20. The third-order valence-corrected chi connectivity index (χ3v) is 3.94. The number of hydrogen-bond donors (Lipinski definition) is 2. The number of amides is 2. The monoisotopic (exact) mass is 316 g/mol. The first kappa shape index (κ1) is 16.2. The third-order valence-electron chi connectivity index (χ3n) is 3.26. The predicted octanol–water partition coefficient (Wildman–Crippen LogP) is 3.63. The third kappa shape index (κ3) is 4.70. The fourth-order valence-corrected chi connectivity index (χ4v) is 2.62. The minimum absolute atomic E-state index is 0.105. The second kappa shape index (κ2) is 7.75. The summed E-state index contributed by atoms with van der Waals surface area (Å²) in [5.41, 5.74) is 2.61. The molecule has 0 saturated carbocycles. The van der Waals surface area contributed by atoms with Crippen LogP contribution in [0.2, 0.25) is 0 Å². The smallest absolute Gasteiger partial charge is 0.252 e. The molecule has 0 aliphatic carbocycles. The standard InChI is InChI=1S/C17H20N2O2S/c1-12(2)13-4-3-5-15(10-13)19-16(20)6-8-18-17(21)14-7-9-22-11-14/h3-5,7,9-12H,6,8H2,1-2H3,(H,18,21)(H,19,20). The predicted molar refractivity (Wildman–Crippen MR) is 90.4 cm³/mol. The second-order valence-corrected chi connectivity index (χ2v) is 6.13. The molecule has 22 heavy (non-hydrogen) atoms. The number of carbonyl (C=O) groups excluding carboxylic acids is 2. The fraction of sp³-hybridized carbons (Fsp3) is 0.294. The van der Waals surface area contributed by atoms with Crippen LogP contribution < -0.4 is 10.6 Å². The highest BCUT2D eigenvalue weighted by Crippen LogP contribution is 2.18. The average Bonchev–Trinajstić information content (AvgIpc) is 3.01. The van der Waals surface area contributed by atoms with Gasteiger partial charge in [0.2, 0.25) is 5.91 Å². The number of benzene rings is 1. The molecule has 0 saturated heterocycles. The molecule has 2 aromatic rings. The lowest BCUT2D eigenvalue weighted by atomic mass is 10.0. The van der Waals surface area contributed by atoms with Gasteiger partial charge in [-0.15, -0.1) is 0 Å². The normalized spacial score (nSPS) is 10.5. The van der Waals surface area contributed by atoms with Crippen molar-refractivity contribution in [3.8, 4) is 0 Å². The summed E-state index contributed by atoms with van der Waals surface area (Å²) in [6.07, 6.45) is 0.252. The van der Waals surface area contributed by atoms with Gasteiger partial charge in [-0.1, -0.05) is 26.0 Å². The van der Waals surface area contributed by atoms with Gasteiger partial charge >= 0.3 is 0 Å². The van der Waals surface area contributed by atoms with Crippen LogP contribution in [0, 0.1) is 0 Å². The molecule has 1 aromatic carbocycles. The van der Waals surface area contributed by atoms with Crippen LogP contribution in [0.3, 0.4) is 0 Å². The summed E-state index contributed by atoms with van der Waals surface area (Å²) < 4.78 is 0. The van der Waals surface area contributed by atoms with E-state index in [1.807, 2.05) is 29.6 Å². The summed E-state index contributed by atoms with van der Waals surface area (Å²) in [7, 11) is 0. The van der Waals surface area contributed by atoms with E-state index in [2.05, 4.69) is 24.5 Å². The first-order valence-electron chi connectivity index (χ1n) is 7.26. The van der Waals surface area contributed by atoms with E-state index >= 15 is 0 Å². The molecule has 0 unspecified atom stereocenters. The lowest BCUT2D eigenvalue weighted by molar-refractivity contribution is -0.116. The molecule has 0 atom stereocenters. The van der Waals surface area contributed by atoms with E-state index < -0.39 is 0 Å². The van der Waals surface area contributed by atoms with Gasteiger partial charge in [-0.05, 0) is 35.1 Å². The minimum Gasteiger partial charge on any atom is -0.351 e. The summed E-state index contributed by atoms with van der Waals surface area (Å²) in [5.74, 6) is 0.170. The maximum atomic E-state index is 11.9. The van der Waals surface area contributed by atoms with Crippen molar-refractivity contribution < 1.29 is 9.59 Å². The van der Waals surface area contributed by atoms with E-state index in [1.54, 1.807) is 11.4 Å². The average molecular weight is 316 g/mol. The van der Waals surface area contributed by atoms with E-state index in [1.165, 1.54) is 16.9 Å². The van der Waals surface area contributed by atoms with Crippen LogP contribution in [0.25, 0.3) is 0 Å². The lowest BCUT2D eigenvalue weighted by Gasteiger charge is -2.10. The Morgan fingerprint density at radius 1 is 1.23 bits per heavy atom. The van der Waals surface area contributed by atoms with E-state index in [0.29, 0.717) is 18.0 Å². The zero-order valence-electron chi connectivity index (χ0n) is 12.8. The maximum absolute atomic E-state index is 11.9. The number of anilines is 1.